The van der Waals surface area contributed by atoms with Crippen LogP contribution in [0, 0.1) is 90.6 Å². The van der Waals surface area contributed by atoms with Crippen molar-refractivity contribution in [2.24, 2.45) is 0 Å². The van der Waals surface area contributed by atoms with Gasteiger partial charge in [-0.15, -0.1) is 0 Å². The fourth-order valence-corrected chi connectivity index (χ4v) is 10.9. The monoisotopic (exact) mass is 1060 g/mol. The van der Waals surface area contributed by atoms with Crippen LogP contribution in [0.25, 0.3) is 111 Å². The standard InChI is InChI=1S/C68H30F3N11/c69-68(70,71)55-5-6-56(66(29-55)81-62-7-1-47(51-17-39(30-72)13-40(18-51)31-73)25-58(62)59-26-48(2-8-63(59)81)52-19-41(32-74)14-42(20-52)33-75)57-11-12-80-38-67(57)82-64-9-3-49(53-21-43(34-76)15-44(22-53)35-77)27-60(64)61-28-50(4-10-65(61)82)54-23-45(36-78)16-46(24-54)37-79/h1-29,38H. The van der Waals surface area contributed by atoms with E-state index in [4.69, 9.17) is 0 Å². The van der Waals surface area contributed by atoms with Crippen LogP contribution in [-0.2, 0) is 6.18 Å². The average molecular weight is 1060 g/mol. The molecule has 0 bridgehead atoms. The molecule has 12 aromatic rings. The number of nitriles is 8. The lowest BCUT2D eigenvalue weighted by atomic mass is 9.97. The fourth-order valence-electron chi connectivity index (χ4n) is 10.9. The molecule has 0 N–H and O–H groups in total. The van der Waals surface area contributed by atoms with E-state index in [2.05, 4.69) is 53.5 Å². The number of hydrogen-bond donors (Lipinski definition) is 0. The van der Waals surface area contributed by atoms with Gasteiger partial charge < -0.3 is 9.13 Å². The third-order valence-electron chi connectivity index (χ3n) is 14.5. The molecule has 0 saturated heterocycles. The first-order chi connectivity index (χ1) is 39.8. The minimum Gasteiger partial charge on any atom is -0.309 e. The normalized spacial score (nSPS) is 11.0. The number of aromatic nitrogens is 3. The molecule has 0 spiro atoms. The van der Waals surface area contributed by atoms with E-state index in [1.54, 1.807) is 95.8 Å². The van der Waals surface area contributed by atoms with Crippen LogP contribution < -0.4 is 0 Å². The zero-order valence-electron chi connectivity index (χ0n) is 42.4. The fraction of sp³-hybridized carbons (Fsp3) is 0.0147. The van der Waals surface area contributed by atoms with E-state index < -0.39 is 11.7 Å². The van der Waals surface area contributed by atoms with Gasteiger partial charge in [0.05, 0.1) is 138 Å². The Morgan fingerprint density at radius 3 is 0.890 bits per heavy atom. The molecule has 0 aliphatic carbocycles. The van der Waals surface area contributed by atoms with Crippen LogP contribution in [0.4, 0.5) is 13.2 Å². The summed E-state index contributed by atoms with van der Waals surface area (Å²) < 4.78 is 49.5. The van der Waals surface area contributed by atoms with Crippen molar-refractivity contribution in [1.29, 1.82) is 42.1 Å². The van der Waals surface area contributed by atoms with Gasteiger partial charge in [-0.1, -0.05) is 30.3 Å². The highest BCUT2D eigenvalue weighted by atomic mass is 19.4. The van der Waals surface area contributed by atoms with Crippen LogP contribution in [0.3, 0.4) is 0 Å². The number of halogens is 3. The molecular formula is C68H30F3N11. The van der Waals surface area contributed by atoms with Crippen LogP contribution in [0.2, 0.25) is 0 Å². The predicted octanol–water partition coefficient (Wildman–Crippen LogP) is 15.6. The largest absolute Gasteiger partial charge is 0.416 e. The average Bonchev–Trinajstić information content (AvgIpc) is 4.14. The molecule has 9 aromatic carbocycles. The summed E-state index contributed by atoms with van der Waals surface area (Å²) in [5, 5.41) is 82.0. The Kier molecular flexibility index (Phi) is 12.1. The first-order valence-corrected chi connectivity index (χ1v) is 25.0. The maximum absolute atomic E-state index is 15.3. The second-order valence-electron chi connectivity index (χ2n) is 19.3. The van der Waals surface area contributed by atoms with Crippen molar-refractivity contribution in [3.05, 3.63) is 232 Å². The van der Waals surface area contributed by atoms with E-state index in [-0.39, 0.29) is 27.9 Å². The van der Waals surface area contributed by atoms with Crippen molar-refractivity contribution in [1.82, 2.24) is 14.1 Å². The molecule has 3 aromatic heterocycles. The predicted molar refractivity (Wildman–Crippen MR) is 303 cm³/mol. The molecule has 0 radical (unpaired) electrons. The van der Waals surface area contributed by atoms with E-state index in [1.165, 1.54) is 30.3 Å². The maximum atomic E-state index is 15.3. The van der Waals surface area contributed by atoms with E-state index in [9.17, 15) is 42.1 Å². The summed E-state index contributed by atoms with van der Waals surface area (Å²) in [6.45, 7) is 0. The Hall–Kier alpha value is -12.6. The Morgan fingerprint density at radius 1 is 0.305 bits per heavy atom. The second kappa shape index (κ2) is 19.8. The molecule has 0 saturated carbocycles. The number of alkyl halides is 3. The van der Waals surface area contributed by atoms with Crippen LogP contribution >= 0.6 is 0 Å². The van der Waals surface area contributed by atoms with Crippen molar-refractivity contribution in [3.63, 3.8) is 0 Å². The Morgan fingerprint density at radius 2 is 0.598 bits per heavy atom. The van der Waals surface area contributed by atoms with Crippen molar-refractivity contribution in [3.8, 4) is 116 Å². The van der Waals surface area contributed by atoms with Gasteiger partial charge in [0, 0.05) is 38.9 Å². The topological polar surface area (TPSA) is 213 Å². The third-order valence-corrected chi connectivity index (χ3v) is 14.5. The second-order valence-corrected chi connectivity index (χ2v) is 19.3. The lowest BCUT2D eigenvalue weighted by Gasteiger charge is -2.20. The van der Waals surface area contributed by atoms with Crippen molar-refractivity contribution < 1.29 is 13.2 Å². The zero-order valence-corrected chi connectivity index (χ0v) is 42.4. The van der Waals surface area contributed by atoms with Gasteiger partial charge in [-0.25, -0.2) is 0 Å². The van der Waals surface area contributed by atoms with Crippen LogP contribution in [0.15, 0.2) is 182 Å². The smallest absolute Gasteiger partial charge is 0.309 e. The van der Waals surface area contributed by atoms with E-state index in [0.717, 1.165) is 12.1 Å². The SMILES string of the molecule is N#Cc1cc(C#N)cc(-c2ccc3c(c2)c2cc(-c4cc(C#N)cc(C#N)c4)ccc2n3-c2cnccc2-c2ccc(C(F)(F)F)cc2-n2c3ccc(-c4cc(C#N)cc(C#N)c4)cc3c3cc(-c4cc(C#N)cc(C#N)c4)ccc32)c1. The molecule has 14 heteroatoms. The third kappa shape index (κ3) is 8.66. The van der Waals surface area contributed by atoms with Crippen LogP contribution in [0.1, 0.15) is 50.1 Å². The highest BCUT2D eigenvalue weighted by molar-refractivity contribution is 6.14. The molecule has 0 amide bonds. The summed E-state index contributed by atoms with van der Waals surface area (Å²) in [4.78, 5) is 4.61. The molecular weight excluding hydrogens is 1030 g/mol. The molecule has 3 heterocycles. The van der Waals surface area contributed by atoms with Gasteiger partial charge in [0.1, 0.15) is 0 Å². The van der Waals surface area contributed by atoms with E-state index in [1.807, 2.05) is 53.1 Å². The zero-order chi connectivity index (χ0) is 57.0. The summed E-state index contributed by atoms with van der Waals surface area (Å²) in [5.41, 5.74) is 10.1. The molecule has 0 aliphatic rings. The Labute approximate surface area is 465 Å². The Balaban J connectivity index is 1.14. The Bertz CT molecular complexity index is 4760. The molecule has 0 atom stereocenters. The number of hydrogen-bond acceptors (Lipinski definition) is 9. The van der Waals surface area contributed by atoms with Crippen molar-refractivity contribution in [2.75, 3.05) is 0 Å². The summed E-state index contributed by atoms with van der Waals surface area (Å²) in [6.07, 6.45) is -1.58. The molecule has 82 heavy (non-hydrogen) atoms. The highest BCUT2D eigenvalue weighted by Crippen LogP contribution is 2.45. The van der Waals surface area contributed by atoms with Gasteiger partial charge in [0.25, 0.3) is 0 Å². The van der Waals surface area contributed by atoms with Crippen LogP contribution in [-0.4, -0.2) is 14.1 Å². The summed E-state index contributed by atoms with van der Waals surface area (Å²) in [5.74, 6) is 0. The van der Waals surface area contributed by atoms with Crippen molar-refractivity contribution in [2.45, 2.75) is 6.18 Å². The lowest BCUT2D eigenvalue weighted by molar-refractivity contribution is -0.137. The van der Waals surface area contributed by atoms with Crippen molar-refractivity contribution >= 4 is 43.6 Å². The first-order valence-electron chi connectivity index (χ1n) is 25.0. The quantitative estimate of drug-likeness (QED) is 0.148. The molecule has 0 fully saturated rings. The van der Waals surface area contributed by atoms with Gasteiger partial charge in [-0.2, -0.15) is 55.3 Å². The highest BCUT2D eigenvalue weighted by Gasteiger charge is 2.33. The number of benzene rings is 9. The minimum absolute atomic E-state index is 0.154. The molecule has 11 nitrogen and oxygen atoms in total. The molecule has 0 unspecified atom stereocenters. The van der Waals surface area contributed by atoms with Gasteiger partial charge in [-0.05, 0) is 184 Å². The minimum atomic E-state index is -4.79. The van der Waals surface area contributed by atoms with Gasteiger partial charge >= 0.3 is 6.18 Å². The first kappa shape index (κ1) is 50.3. The van der Waals surface area contributed by atoms with Gasteiger partial charge in [0.2, 0.25) is 0 Å². The molecule has 12 rings (SSSR count). The molecule has 378 valence electrons. The van der Waals surface area contributed by atoms with E-state index >= 15 is 13.2 Å². The van der Waals surface area contributed by atoms with Gasteiger partial charge in [0.15, 0.2) is 0 Å². The summed E-state index contributed by atoms with van der Waals surface area (Å²) in [6, 6.07) is 64.0. The number of fused-ring (bicyclic) bond motifs is 6. The van der Waals surface area contributed by atoms with Crippen LogP contribution in [0.5, 0.6) is 0 Å². The molecule has 0 aliphatic heterocycles. The summed E-state index contributed by atoms with van der Waals surface area (Å²) in [7, 11) is 0. The number of nitrogens with zero attached hydrogens (tertiary/aromatic N) is 11. The number of rotatable bonds is 7. The van der Waals surface area contributed by atoms with E-state index in [0.29, 0.717) is 127 Å². The lowest BCUT2D eigenvalue weighted by Crippen LogP contribution is -2.08. The van der Waals surface area contributed by atoms with Gasteiger partial charge in [-0.3, -0.25) is 4.98 Å². The number of pyridine rings is 1. The summed E-state index contributed by atoms with van der Waals surface area (Å²) >= 11 is 0. The maximum Gasteiger partial charge on any atom is 0.416 e.